The van der Waals surface area contributed by atoms with Crippen molar-refractivity contribution in [2.24, 2.45) is 0 Å². The zero-order chi connectivity index (χ0) is 15.2. The third-order valence-corrected chi connectivity index (χ3v) is 3.07. The van der Waals surface area contributed by atoms with E-state index in [9.17, 15) is 0 Å². The topological polar surface area (TPSA) is 27.7 Å². The Hall–Kier alpha value is -2.68. The van der Waals surface area contributed by atoms with E-state index in [2.05, 4.69) is 13.2 Å². The highest BCUT2D eigenvalue weighted by Crippen LogP contribution is 2.25. The van der Waals surface area contributed by atoms with E-state index in [1.54, 1.807) is 14.2 Å². The van der Waals surface area contributed by atoms with Gasteiger partial charge in [-0.3, -0.25) is 0 Å². The molecule has 0 heterocycles. The van der Waals surface area contributed by atoms with Crippen LogP contribution < -0.4 is 9.47 Å². The quantitative estimate of drug-likeness (QED) is 0.737. The van der Waals surface area contributed by atoms with Crippen molar-refractivity contribution < 1.29 is 14.2 Å². The second-order valence-corrected chi connectivity index (χ2v) is 4.41. The van der Waals surface area contributed by atoms with Crippen LogP contribution in [0.4, 0.5) is 0 Å². The largest absolute Gasteiger partial charge is 0.497 e. The molecule has 2 rings (SSSR count). The van der Waals surface area contributed by atoms with Crippen molar-refractivity contribution in [2.75, 3.05) is 14.2 Å². The average molecular weight is 282 g/mol. The van der Waals surface area contributed by atoms with Gasteiger partial charge >= 0.3 is 0 Å². The Morgan fingerprint density at radius 3 is 1.29 bits per heavy atom. The summed E-state index contributed by atoms with van der Waals surface area (Å²) < 4.78 is 15.9. The van der Waals surface area contributed by atoms with Gasteiger partial charge < -0.3 is 14.2 Å². The standard InChI is InChI=1S/C18H18O3/c1-13(15-5-9-17(19-3)10-6-15)21-14(2)16-7-11-18(20-4)12-8-16/h5-12H,1-2H2,3-4H3. The van der Waals surface area contributed by atoms with Crippen molar-refractivity contribution in [3.8, 4) is 11.5 Å². The van der Waals surface area contributed by atoms with Crippen LogP contribution in [0.1, 0.15) is 11.1 Å². The van der Waals surface area contributed by atoms with Crippen LogP contribution in [0.25, 0.3) is 11.5 Å². The minimum Gasteiger partial charge on any atom is -0.497 e. The van der Waals surface area contributed by atoms with Gasteiger partial charge in [0.1, 0.15) is 23.0 Å². The Labute approximate surface area is 125 Å². The summed E-state index contributed by atoms with van der Waals surface area (Å²) in [6.45, 7) is 7.86. The zero-order valence-corrected chi connectivity index (χ0v) is 12.3. The molecule has 21 heavy (non-hydrogen) atoms. The van der Waals surface area contributed by atoms with E-state index in [0.717, 1.165) is 22.6 Å². The predicted molar refractivity (Wildman–Crippen MR) is 85.1 cm³/mol. The molecule has 0 unspecified atom stereocenters. The maximum atomic E-state index is 5.70. The van der Waals surface area contributed by atoms with Crippen LogP contribution in [0.2, 0.25) is 0 Å². The molecule has 3 nitrogen and oxygen atoms in total. The van der Waals surface area contributed by atoms with E-state index in [0.29, 0.717) is 11.5 Å². The molecule has 108 valence electrons. The summed E-state index contributed by atoms with van der Waals surface area (Å²) in [5.74, 6) is 2.66. The first-order valence-corrected chi connectivity index (χ1v) is 6.48. The minimum absolute atomic E-state index is 0.540. The van der Waals surface area contributed by atoms with E-state index in [1.807, 2.05) is 48.5 Å². The smallest absolute Gasteiger partial charge is 0.127 e. The predicted octanol–water partition coefficient (Wildman–Crippen LogP) is 4.36. The Bertz CT molecular complexity index is 567. The van der Waals surface area contributed by atoms with Gasteiger partial charge in [-0.25, -0.2) is 0 Å². The number of methoxy groups -OCH3 is 2. The summed E-state index contributed by atoms with van der Waals surface area (Å²) in [5, 5.41) is 0. The Morgan fingerprint density at radius 2 is 1.00 bits per heavy atom. The number of hydrogen-bond acceptors (Lipinski definition) is 3. The summed E-state index contributed by atoms with van der Waals surface area (Å²) in [4.78, 5) is 0. The van der Waals surface area contributed by atoms with Gasteiger partial charge in [0.05, 0.1) is 14.2 Å². The van der Waals surface area contributed by atoms with E-state index in [1.165, 1.54) is 0 Å². The molecule has 0 aromatic heterocycles. The first-order chi connectivity index (χ1) is 10.1. The monoisotopic (exact) mass is 282 g/mol. The van der Waals surface area contributed by atoms with Crippen LogP contribution in [0.3, 0.4) is 0 Å². The molecule has 0 spiro atoms. The molecule has 2 aromatic rings. The van der Waals surface area contributed by atoms with Crippen LogP contribution in [-0.2, 0) is 4.74 Å². The highest BCUT2D eigenvalue weighted by molar-refractivity contribution is 5.68. The molecular formula is C18H18O3. The summed E-state index contributed by atoms with van der Waals surface area (Å²) in [6.07, 6.45) is 0. The normalized spacial score (nSPS) is 9.81. The average Bonchev–Trinajstić information content (AvgIpc) is 2.55. The molecule has 0 aliphatic carbocycles. The Balaban J connectivity index is 2.05. The van der Waals surface area contributed by atoms with Crippen molar-refractivity contribution in [1.29, 1.82) is 0 Å². The van der Waals surface area contributed by atoms with Crippen molar-refractivity contribution in [3.63, 3.8) is 0 Å². The van der Waals surface area contributed by atoms with E-state index in [4.69, 9.17) is 14.2 Å². The maximum absolute atomic E-state index is 5.70. The molecular weight excluding hydrogens is 264 g/mol. The molecule has 0 aliphatic heterocycles. The molecule has 0 N–H and O–H groups in total. The van der Waals surface area contributed by atoms with Crippen molar-refractivity contribution >= 4 is 11.5 Å². The second-order valence-electron chi connectivity index (χ2n) is 4.41. The molecule has 0 amide bonds. The Kier molecular flexibility index (Phi) is 4.67. The number of benzene rings is 2. The number of ether oxygens (including phenoxy) is 3. The van der Waals surface area contributed by atoms with Gasteiger partial charge in [0, 0.05) is 11.1 Å². The summed E-state index contributed by atoms with van der Waals surface area (Å²) in [5.41, 5.74) is 1.76. The molecule has 3 heteroatoms. The maximum Gasteiger partial charge on any atom is 0.127 e. The second kappa shape index (κ2) is 6.66. The molecule has 0 saturated heterocycles. The first-order valence-electron chi connectivity index (χ1n) is 6.48. The molecule has 0 atom stereocenters. The van der Waals surface area contributed by atoms with Gasteiger partial charge in [-0.05, 0) is 48.5 Å². The summed E-state index contributed by atoms with van der Waals surface area (Å²) >= 11 is 0. The fraction of sp³-hybridized carbons (Fsp3) is 0.111. The lowest BCUT2D eigenvalue weighted by atomic mass is 10.1. The van der Waals surface area contributed by atoms with Crippen LogP contribution in [0.5, 0.6) is 11.5 Å². The lowest BCUT2D eigenvalue weighted by molar-refractivity contribution is 0.414. The number of hydrogen-bond donors (Lipinski definition) is 0. The van der Waals surface area contributed by atoms with Crippen LogP contribution >= 0.6 is 0 Å². The van der Waals surface area contributed by atoms with Gasteiger partial charge in [-0.1, -0.05) is 13.2 Å². The minimum atomic E-state index is 0.540. The third-order valence-electron chi connectivity index (χ3n) is 3.07. The van der Waals surface area contributed by atoms with E-state index in [-0.39, 0.29) is 0 Å². The number of rotatable bonds is 6. The highest BCUT2D eigenvalue weighted by Gasteiger charge is 2.06. The molecule has 0 radical (unpaired) electrons. The van der Waals surface area contributed by atoms with Gasteiger partial charge in [0.15, 0.2) is 0 Å². The van der Waals surface area contributed by atoms with Gasteiger partial charge in [0.25, 0.3) is 0 Å². The van der Waals surface area contributed by atoms with E-state index >= 15 is 0 Å². The zero-order valence-electron chi connectivity index (χ0n) is 12.3. The fourth-order valence-corrected chi connectivity index (χ4v) is 1.82. The molecule has 0 saturated carbocycles. The molecule has 0 fully saturated rings. The molecule has 0 aliphatic rings. The van der Waals surface area contributed by atoms with E-state index < -0.39 is 0 Å². The van der Waals surface area contributed by atoms with Crippen molar-refractivity contribution in [2.45, 2.75) is 0 Å². The highest BCUT2D eigenvalue weighted by atomic mass is 16.5. The summed E-state index contributed by atoms with van der Waals surface area (Å²) in [7, 11) is 3.26. The Morgan fingerprint density at radius 1 is 0.667 bits per heavy atom. The van der Waals surface area contributed by atoms with Gasteiger partial charge in [0.2, 0.25) is 0 Å². The van der Waals surface area contributed by atoms with Crippen LogP contribution in [0.15, 0.2) is 61.7 Å². The SMILES string of the molecule is C=C(OC(=C)c1ccc(OC)cc1)c1ccc(OC)cc1. The fourth-order valence-electron chi connectivity index (χ4n) is 1.82. The summed E-state index contributed by atoms with van der Waals surface area (Å²) in [6, 6.07) is 15.0. The molecule has 0 bridgehead atoms. The van der Waals surface area contributed by atoms with Gasteiger partial charge in [-0.2, -0.15) is 0 Å². The molecule has 2 aromatic carbocycles. The lowest BCUT2D eigenvalue weighted by Gasteiger charge is -2.12. The van der Waals surface area contributed by atoms with Crippen LogP contribution in [0, 0.1) is 0 Å². The van der Waals surface area contributed by atoms with Crippen molar-refractivity contribution in [3.05, 3.63) is 72.8 Å². The van der Waals surface area contributed by atoms with Crippen LogP contribution in [-0.4, -0.2) is 14.2 Å². The van der Waals surface area contributed by atoms with Gasteiger partial charge in [-0.15, -0.1) is 0 Å². The third kappa shape index (κ3) is 3.66. The van der Waals surface area contributed by atoms with Crippen molar-refractivity contribution in [1.82, 2.24) is 0 Å². The first kappa shape index (κ1) is 14.7. The lowest BCUT2D eigenvalue weighted by Crippen LogP contribution is -1.92.